The molecule has 2 N–H and O–H groups in total. The minimum atomic E-state index is -3.63. The Hall–Kier alpha value is -1.64. The van der Waals surface area contributed by atoms with E-state index in [9.17, 15) is 13.2 Å². The Balaban J connectivity index is 2.25. The first-order chi connectivity index (χ1) is 11.9. The normalized spacial score (nSPS) is 17.7. The number of ether oxygens (including phenoxy) is 1. The maximum Gasteiger partial charge on any atom is 0.255 e. The minimum Gasteiger partial charge on any atom is -0.496 e. The van der Waals surface area contributed by atoms with Crippen LogP contribution < -0.4 is 15.4 Å². The first kappa shape index (κ1) is 19.7. The number of hydrogen-bond acceptors (Lipinski definition) is 5. The van der Waals surface area contributed by atoms with Gasteiger partial charge in [-0.2, -0.15) is 4.31 Å². The molecule has 8 heteroatoms. The van der Waals surface area contributed by atoms with Gasteiger partial charge in [0, 0.05) is 25.7 Å². The predicted molar refractivity (Wildman–Crippen MR) is 96.5 cm³/mol. The molecule has 0 spiro atoms. The van der Waals surface area contributed by atoms with E-state index in [0.29, 0.717) is 25.4 Å². The summed E-state index contributed by atoms with van der Waals surface area (Å²) in [5.74, 6) is 0.0255. The van der Waals surface area contributed by atoms with Crippen molar-refractivity contribution in [3.63, 3.8) is 0 Å². The van der Waals surface area contributed by atoms with Crippen LogP contribution in [0.3, 0.4) is 0 Å². The summed E-state index contributed by atoms with van der Waals surface area (Å²) < 4.78 is 32.0. The zero-order chi connectivity index (χ0) is 18.4. The lowest BCUT2D eigenvalue weighted by Gasteiger charge is -2.19. The molecule has 1 saturated heterocycles. The molecule has 1 unspecified atom stereocenters. The van der Waals surface area contributed by atoms with Gasteiger partial charge in [0.2, 0.25) is 10.0 Å². The van der Waals surface area contributed by atoms with Crippen LogP contribution in [0.2, 0.25) is 0 Å². The molecule has 7 nitrogen and oxygen atoms in total. The largest absolute Gasteiger partial charge is 0.496 e. The van der Waals surface area contributed by atoms with Gasteiger partial charge in [-0.25, -0.2) is 8.42 Å². The molecule has 1 aromatic carbocycles. The second kappa shape index (κ2) is 8.64. The van der Waals surface area contributed by atoms with Crippen molar-refractivity contribution < 1.29 is 17.9 Å². The monoisotopic (exact) mass is 369 g/mol. The van der Waals surface area contributed by atoms with Crippen LogP contribution in [0.25, 0.3) is 0 Å². The number of sulfonamides is 1. The highest BCUT2D eigenvalue weighted by atomic mass is 32.2. The molecule has 1 aromatic rings. The molecule has 25 heavy (non-hydrogen) atoms. The lowest BCUT2D eigenvalue weighted by molar-refractivity contribution is 0.0947. The van der Waals surface area contributed by atoms with E-state index in [0.717, 1.165) is 19.4 Å². The van der Waals surface area contributed by atoms with Gasteiger partial charge in [0.15, 0.2) is 0 Å². The van der Waals surface area contributed by atoms with E-state index in [4.69, 9.17) is 4.74 Å². The number of methoxy groups -OCH3 is 1. The van der Waals surface area contributed by atoms with Crippen LogP contribution in [0.4, 0.5) is 0 Å². The lowest BCUT2D eigenvalue weighted by atomic mass is 10.1. The summed E-state index contributed by atoms with van der Waals surface area (Å²) in [5.41, 5.74) is 0.230. The van der Waals surface area contributed by atoms with Crippen molar-refractivity contribution in [1.29, 1.82) is 0 Å². The van der Waals surface area contributed by atoms with Crippen LogP contribution in [0.15, 0.2) is 23.1 Å². The fraction of sp³-hybridized carbons (Fsp3) is 0.588. The average Bonchev–Trinajstić information content (AvgIpc) is 3.13. The molecule has 1 aliphatic heterocycles. The zero-order valence-electron chi connectivity index (χ0n) is 15.0. The van der Waals surface area contributed by atoms with Crippen molar-refractivity contribution in [2.75, 3.05) is 33.3 Å². The second-order valence-electron chi connectivity index (χ2n) is 5.95. The molecule has 1 aliphatic rings. The lowest BCUT2D eigenvalue weighted by Crippen LogP contribution is -2.37. The van der Waals surface area contributed by atoms with Crippen molar-refractivity contribution >= 4 is 15.9 Å². The topological polar surface area (TPSA) is 87.7 Å². The summed E-state index contributed by atoms with van der Waals surface area (Å²) in [6.45, 7) is 5.79. The van der Waals surface area contributed by atoms with Gasteiger partial charge in [0.05, 0.1) is 17.6 Å². The van der Waals surface area contributed by atoms with Crippen LogP contribution in [-0.4, -0.2) is 58.0 Å². The molecule has 1 atom stereocenters. The van der Waals surface area contributed by atoms with Crippen molar-refractivity contribution in [2.45, 2.75) is 37.6 Å². The summed E-state index contributed by atoms with van der Waals surface area (Å²) in [5, 5.41) is 6.17. The highest BCUT2D eigenvalue weighted by Gasteiger charge is 2.25. The van der Waals surface area contributed by atoms with Gasteiger partial charge in [0.1, 0.15) is 5.75 Å². The van der Waals surface area contributed by atoms with Crippen molar-refractivity contribution in [1.82, 2.24) is 14.9 Å². The molecule has 140 valence electrons. The highest BCUT2D eigenvalue weighted by Crippen LogP contribution is 2.24. The number of carbonyl (C=O) groups is 1. The Labute approximate surface area is 149 Å². The first-order valence-corrected chi connectivity index (χ1v) is 10.1. The van der Waals surface area contributed by atoms with Crippen molar-refractivity contribution in [3.8, 4) is 5.75 Å². The summed E-state index contributed by atoms with van der Waals surface area (Å²) in [7, 11) is -2.17. The van der Waals surface area contributed by atoms with Crippen molar-refractivity contribution in [2.24, 2.45) is 0 Å². The number of nitrogens with one attached hydrogen (secondary N) is 2. The Morgan fingerprint density at radius 1 is 1.36 bits per heavy atom. The smallest absolute Gasteiger partial charge is 0.255 e. The van der Waals surface area contributed by atoms with Gasteiger partial charge in [-0.1, -0.05) is 13.8 Å². The molecule has 0 bridgehead atoms. The molecule has 1 fully saturated rings. The molecule has 0 aliphatic carbocycles. The summed E-state index contributed by atoms with van der Waals surface area (Å²) in [4.78, 5) is 12.6. The molecular formula is C17H27N3O4S. The molecular weight excluding hydrogens is 342 g/mol. The van der Waals surface area contributed by atoms with E-state index < -0.39 is 10.0 Å². The molecule has 2 rings (SSSR count). The SMILES string of the molecule is CCN(CC)S(=O)(=O)c1ccc(OC)c(C(=O)NCC2CCCN2)c1. The van der Waals surface area contributed by atoms with E-state index in [1.54, 1.807) is 13.8 Å². The highest BCUT2D eigenvalue weighted by molar-refractivity contribution is 7.89. The molecule has 1 amide bonds. The van der Waals surface area contributed by atoms with Crippen LogP contribution in [0.5, 0.6) is 5.75 Å². The predicted octanol–water partition coefficient (Wildman–Crippen LogP) is 1.21. The number of hydrogen-bond donors (Lipinski definition) is 2. The Bertz CT molecular complexity index is 696. The fourth-order valence-corrected chi connectivity index (χ4v) is 4.46. The molecule has 0 radical (unpaired) electrons. The third kappa shape index (κ3) is 4.50. The standard InChI is InChI=1S/C17H27N3O4S/c1-4-20(5-2)25(22,23)14-8-9-16(24-3)15(11-14)17(21)19-12-13-7-6-10-18-13/h8-9,11,13,18H,4-7,10,12H2,1-3H3,(H,19,21). The Kier molecular flexibility index (Phi) is 6.80. The molecule has 0 aromatic heterocycles. The maximum atomic E-state index is 12.7. The van der Waals surface area contributed by atoms with E-state index in [-0.39, 0.29) is 22.4 Å². The Morgan fingerprint density at radius 2 is 2.08 bits per heavy atom. The van der Waals surface area contributed by atoms with E-state index in [2.05, 4.69) is 10.6 Å². The van der Waals surface area contributed by atoms with Gasteiger partial charge < -0.3 is 15.4 Å². The van der Waals surface area contributed by atoms with Gasteiger partial charge >= 0.3 is 0 Å². The van der Waals surface area contributed by atoms with E-state index in [1.165, 1.54) is 29.6 Å². The number of benzene rings is 1. The number of nitrogens with zero attached hydrogens (tertiary/aromatic N) is 1. The van der Waals surface area contributed by atoms with Gasteiger partial charge in [-0.15, -0.1) is 0 Å². The average molecular weight is 369 g/mol. The van der Waals surface area contributed by atoms with Gasteiger partial charge in [-0.3, -0.25) is 4.79 Å². The van der Waals surface area contributed by atoms with Crippen LogP contribution in [-0.2, 0) is 10.0 Å². The molecule has 0 saturated carbocycles. The quantitative estimate of drug-likeness (QED) is 0.719. The Morgan fingerprint density at radius 3 is 2.64 bits per heavy atom. The van der Waals surface area contributed by atoms with E-state index >= 15 is 0 Å². The first-order valence-electron chi connectivity index (χ1n) is 8.63. The maximum absolute atomic E-state index is 12.7. The fourth-order valence-electron chi connectivity index (χ4n) is 2.98. The van der Waals surface area contributed by atoms with Gasteiger partial charge in [0.25, 0.3) is 5.91 Å². The minimum absolute atomic E-state index is 0.0983. The number of carbonyl (C=O) groups excluding carboxylic acids is 1. The second-order valence-corrected chi connectivity index (χ2v) is 7.89. The third-order valence-electron chi connectivity index (χ3n) is 4.43. The van der Waals surface area contributed by atoms with Crippen LogP contribution >= 0.6 is 0 Å². The van der Waals surface area contributed by atoms with Crippen LogP contribution in [0.1, 0.15) is 37.0 Å². The number of amides is 1. The van der Waals surface area contributed by atoms with Crippen LogP contribution in [0, 0.1) is 0 Å². The molecule has 1 heterocycles. The summed E-state index contributed by atoms with van der Waals surface area (Å²) >= 11 is 0. The van der Waals surface area contributed by atoms with Crippen molar-refractivity contribution in [3.05, 3.63) is 23.8 Å². The number of rotatable bonds is 8. The summed E-state index contributed by atoms with van der Waals surface area (Å²) in [6.07, 6.45) is 2.12. The summed E-state index contributed by atoms with van der Waals surface area (Å²) in [6, 6.07) is 4.66. The van der Waals surface area contributed by atoms with E-state index in [1.807, 2.05) is 0 Å². The van der Waals surface area contributed by atoms with Gasteiger partial charge in [-0.05, 0) is 37.6 Å². The zero-order valence-corrected chi connectivity index (χ0v) is 15.9. The third-order valence-corrected chi connectivity index (χ3v) is 6.48.